The zero-order chi connectivity index (χ0) is 13.8. The van der Waals surface area contributed by atoms with E-state index in [2.05, 4.69) is 15.2 Å². The minimum absolute atomic E-state index is 0.0398. The van der Waals surface area contributed by atoms with Crippen molar-refractivity contribution < 1.29 is 14.6 Å². The first-order valence-corrected chi connectivity index (χ1v) is 6.09. The highest BCUT2D eigenvalue weighted by Crippen LogP contribution is 2.17. The molecule has 0 radical (unpaired) electrons. The Balaban J connectivity index is 2.01. The highest BCUT2D eigenvalue weighted by atomic mass is 16.5. The van der Waals surface area contributed by atoms with Gasteiger partial charge in [0.1, 0.15) is 5.82 Å². The minimum Gasteiger partial charge on any atom is -0.478 e. The summed E-state index contributed by atoms with van der Waals surface area (Å²) in [5.41, 5.74) is 6.07. The second kappa shape index (κ2) is 5.85. The number of nitrogens with one attached hydrogen (secondary N) is 1. The van der Waals surface area contributed by atoms with Gasteiger partial charge in [0.05, 0.1) is 30.2 Å². The molecule has 4 N–H and O–H groups in total. The van der Waals surface area contributed by atoms with E-state index in [-0.39, 0.29) is 17.5 Å². The number of pyridine rings is 1. The molecule has 7 heteroatoms. The molecule has 1 aliphatic heterocycles. The van der Waals surface area contributed by atoms with Crippen molar-refractivity contribution in [2.75, 3.05) is 44.3 Å². The number of likely N-dealkylation sites (N-methyl/N-ethyl adjacent to an activating group) is 1. The van der Waals surface area contributed by atoms with Gasteiger partial charge in [0.15, 0.2) is 0 Å². The van der Waals surface area contributed by atoms with Gasteiger partial charge >= 0.3 is 5.97 Å². The lowest BCUT2D eigenvalue weighted by molar-refractivity contribution is -0.0117. The third-order valence-corrected chi connectivity index (χ3v) is 3.02. The average Bonchev–Trinajstić information content (AvgIpc) is 2.37. The third kappa shape index (κ3) is 3.55. The number of aromatic nitrogens is 1. The number of carboxylic acid groups (broad SMARTS) is 1. The van der Waals surface area contributed by atoms with E-state index in [4.69, 9.17) is 15.6 Å². The first kappa shape index (κ1) is 13.6. The molecule has 1 atom stereocenters. The predicted octanol–water partition coefficient (Wildman–Crippen LogP) is 0.105. The molecule has 7 nitrogen and oxygen atoms in total. The maximum atomic E-state index is 11.1. The number of nitrogens with zero attached hydrogens (tertiary/aromatic N) is 2. The summed E-state index contributed by atoms with van der Waals surface area (Å²) in [6, 6.07) is 1.35. The first-order chi connectivity index (χ1) is 9.06. The summed E-state index contributed by atoms with van der Waals surface area (Å²) in [5, 5.41) is 12.2. The molecule has 1 saturated heterocycles. The molecule has 2 rings (SSSR count). The number of aromatic carboxylic acids is 1. The largest absolute Gasteiger partial charge is 0.478 e. The minimum atomic E-state index is -1.03. The lowest BCUT2D eigenvalue weighted by atomic mass is 10.2. The van der Waals surface area contributed by atoms with Gasteiger partial charge in [-0.3, -0.25) is 0 Å². The van der Waals surface area contributed by atoms with Crippen LogP contribution in [0.25, 0.3) is 0 Å². The summed E-state index contributed by atoms with van der Waals surface area (Å²) in [4.78, 5) is 17.2. The molecule has 0 amide bonds. The maximum absolute atomic E-state index is 11.1. The van der Waals surface area contributed by atoms with Crippen molar-refractivity contribution in [3.05, 3.63) is 17.8 Å². The molecule has 0 aromatic carbocycles. The number of hydrogen-bond donors (Lipinski definition) is 3. The average molecular weight is 266 g/mol. The Morgan fingerprint density at radius 3 is 3.21 bits per heavy atom. The molecule has 19 heavy (non-hydrogen) atoms. The van der Waals surface area contributed by atoms with Gasteiger partial charge in [-0.25, -0.2) is 9.78 Å². The van der Waals surface area contributed by atoms with Crippen LogP contribution in [0.3, 0.4) is 0 Å². The smallest absolute Gasteiger partial charge is 0.337 e. The molecule has 1 aliphatic rings. The molecule has 0 bridgehead atoms. The summed E-state index contributed by atoms with van der Waals surface area (Å²) in [5.74, 6) is -0.838. The van der Waals surface area contributed by atoms with Crippen LogP contribution in [0.2, 0.25) is 0 Å². The number of nitrogens with two attached hydrogens (primary N) is 1. The van der Waals surface area contributed by atoms with Gasteiger partial charge in [-0.1, -0.05) is 0 Å². The molecule has 0 aliphatic carbocycles. The Morgan fingerprint density at radius 2 is 2.53 bits per heavy atom. The van der Waals surface area contributed by atoms with Crippen LogP contribution in [0, 0.1) is 0 Å². The number of rotatable bonds is 4. The summed E-state index contributed by atoms with van der Waals surface area (Å²) in [7, 11) is 2.03. The van der Waals surface area contributed by atoms with Crippen LogP contribution in [0.4, 0.5) is 11.5 Å². The molecular formula is C12H18N4O3. The SMILES string of the molecule is CN1CCOC(CNc2cnc(N)cc2C(=O)O)C1. The third-order valence-electron chi connectivity index (χ3n) is 3.02. The van der Waals surface area contributed by atoms with Gasteiger partial charge in [-0.2, -0.15) is 0 Å². The van der Waals surface area contributed by atoms with Crippen molar-refractivity contribution in [1.82, 2.24) is 9.88 Å². The number of hydrogen-bond acceptors (Lipinski definition) is 6. The van der Waals surface area contributed by atoms with Crippen LogP contribution in [-0.4, -0.2) is 60.4 Å². The van der Waals surface area contributed by atoms with E-state index < -0.39 is 5.97 Å². The molecule has 1 aromatic rings. The van der Waals surface area contributed by atoms with Crippen LogP contribution >= 0.6 is 0 Å². The highest BCUT2D eigenvalue weighted by Gasteiger charge is 2.18. The highest BCUT2D eigenvalue weighted by molar-refractivity contribution is 5.94. The fourth-order valence-corrected chi connectivity index (χ4v) is 2.00. The van der Waals surface area contributed by atoms with Crippen LogP contribution in [0.15, 0.2) is 12.3 Å². The van der Waals surface area contributed by atoms with Gasteiger partial charge in [-0.15, -0.1) is 0 Å². The molecule has 2 heterocycles. The van der Waals surface area contributed by atoms with Gasteiger partial charge in [0.25, 0.3) is 0 Å². The summed E-state index contributed by atoms with van der Waals surface area (Å²) in [6.45, 7) is 2.96. The number of nitrogen functional groups attached to an aromatic ring is 1. The lowest BCUT2D eigenvalue weighted by Gasteiger charge is -2.30. The second-order valence-corrected chi connectivity index (χ2v) is 4.60. The zero-order valence-electron chi connectivity index (χ0n) is 10.8. The van der Waals surface area contributed by atoms with Crippen molar-refractivity contribution in [2.24, 2.45) is 0 Å². The van der Waals surface area contributed by atoms with E-state index in [1.54, 1.807) is 0 Å². The predicted molar refractivity (Wildman–Crippen MR) is 71.3 cm³/mol. The van der Waals surface area contributed by atoms with E-state index in [1.807, 2.05) is 7.05 Å². The molecule has 1 aromatic heterocycles. The van der Waals surface area contributed by atoms with Gasteiger partial charge in [0.2, 0.25) is 0 Å². The van der Waals surface area contributed by atoms with E-state index in [0.29, 0.717) is 18.8 Å². The van der Waals surface area contributed by atoms with Crippen molar-refractivity contribution in [3.63, 3.8) is 0 Å². The van der Waals surface area contributed by atoms with E-state index in [9.17, 15) is 4.79 Å². The number of carbonyl (C=O) groups is 1. The maximum Gasteiger partial charge on any atom is 0.337 e. The van der Waals surface area contributed by atoms with E-state index >= 15 is 0 Å². The lowest BCUT2D eigenvalue weighted by Crippen LogP contribution is -2.43. The molecule has 0 spiro atoms. The molecule has 1 fully saturated rings. The van der Waals surface area contributed by atoms with Crippen molar-refractivity contribution in [3.8, 4) is 0 Å². The number of carboxylic acids is 1. The molecule has 0 saturated carbocycles. The Hall–Kier alpha value is -1.86. The summed E-state index contributed by atoms with van der Waals surface area (Å²) < 4.78 is 5.60. The Labute approximate surface area is 111 Å². The second-order valence-electron chi connectivity index (χ2n) is 4.60. The Kier molecular flexibility index (Phi) is 4.18. The van der Waals surface area contributed by atoms with Crippen LogP contribution in [-0.2, 0) is 4.74 Å². The van der Waals surface area contributed by atoms with Gasteiger partial charge in [-0.05, 0) is 13.1 Å². The number of anilines is 2. The Bertz CT molecular complexity index is 466. The standard InChI is InChI=1S/C12H18N4O3/c1-16-2-3-19-8(7-16)5-14-10-6-15-11(13)4-9(10)12(17)18/h4,6,8,14H,2-3,5,7H2,1H3,(H2,13,15)(H,17,18). The summed E-state index contributed by atoms with van der Waals surface area (Å²) >= 11 is 0. The van der Waals surface area contributed by atoms with Gasteiger partial charge in [0, 0.05) is 19.6 Å². The topological polar surface area (TPSA) is 101 Å². The van der Waals surface area contributed by atoms with Gasteiger partial charge < -0.3 is 25.8 Å². The molecule has 1 unspecified atom stereocenters. The molecular weight excluding hydrogens is 248 g/mol. The quantitative estimate of drug-likeness (QED) is 0.710. The fraction of sp³-hybridized carbons (Fsp3) is 0.500. The van der Waals surface area contributed by atoms with Crippen LogP contribution in [0.1, 0.15) is 10.4 Å². The van der Waals surface area contributed by atoms with E-state index in [1.165, 1.54) is 12.3 Å². The van der Waals surface area contributed by atoms with Crippen molar-refractivity contribution >= 4 is 17.5 Å². The van der Waals surface area contributed by atoms with Crippen LogP contribution in [0.5, 0.6) is 0 Å². The normalized spacial score (nSPS) is 20.2. The number of ether oxygens (including phenoxy) is 1. The number of morpholine rings is 1. The molecule has 104 valence electrons. The van der Waals surface area contributed by atoms with Crippen molar-refractivity contribution in [2.45, 2.75) is 6.10 Å². The Morgan fingerprint density at radius 1 is 1.74 bits per heavy atom. The first-order valence-electron chi connectivity index (χ1n) is 6.09. The monoisotopic (exact) mass is 266 g/mol. The van der Waals surface area contributed by atoms with Crippen LogP contribution < -0.4 is 11.1 Å². The zero-order valence-corrected chi connectivity index (χ0v) is 10.8. The van der Waals surface area contributed by atoms with E-state index in [0.717, 1.165) is 13.1 Å². The summed E-state index contributed by atoms with van der Waals surface area (Å²) in [6.07, 6.45) is 1.48. The fourth-order valence-electron chi connectivity index (χ4n) is 2.00. The van der Waals surface area contributed by atoms with Crippen molar-refractivity contribution in [1.29, 1.82) is 0 Å².